The molecule has 0 bridgehead atoms. The third-order valence-corrected chi connectivity index (χ3v) is 6.17. The molecule has 0 unspecified atom stereocenters. The number of nitrogens with zero attached hydrogens (tertiary/aromatic N) is 1. The van der Waals surface area contributed by atoms with Crippen LogP contribution in [0.4, 0.5) is 0 Å². The predicted octanol–water partition coefficient (Wildman–Crippen LogP) is 4.09. The highest BCUT2D eigenvalue weighted by molar-refractivity contribution is 6.30. The van der Waals surface area contributed by atoms with Gasteiger partial charge in [0.25, 0.3) is 0 Å². The van der Waals surface area contributed by atoms with Gasteiger partial charge in [-0.1, -0.05) is 23.7 Å². The topological polar surface area (TPSA) is 51.2 Å². The second-order valence-corrected chi connectivity index (χ2v) is 8.34. The highest BCUT2D eigenvalue weighted by atomic mass is 35.5. The molecular weight excluding hydrogens is 390 g/mol. The molecule has 2 aromatic carbocycles. The lowest BCUT2D eigenvalue weighted by Crippen LogP contribution is -2.48. The molecule has 0 saturated carbocycles. The fourth-order valence-electron chi connectivity index (χ4n) is 4.24. The van der Waals surface area contributed by atoms with E-state index in [1.165, 1.54) is 0 Å². The summed E-state index contributed by atoms with van der Waals surface area (Å²) in [5.41, 5.74) is 1.62. The van der Waals surface area contributed by atoms with Crippen LogP contribution in [0.15, 0.2) is 42.5 Å². The molecule has 0 aromatic heterocycles. The standard InChI is InChI=1S/C23H24ClNO4/c24-18-2-4-20-17(13-18)5-6-23(29-20)7-9-25(10-8-23)15-19(26)16-1-3-21-22(14-16)28-12-11-27-21/h1-6,13-14,19,26H,7-12,15H2/t19-/m1/s1. The fraction of sp³-hybridized carbons (Fsp3) is 0.391. The Morgan fingerprint density at radius 3 is 2.59 bits per heavy atom. The van der Waals surface area contributed by atoms with Gasteiger partial charge in [0.2, 0.25) is 0 Å². The number of benzene rings is 2. The average molecular weight is 414 g/mol. The van der Waals surface area contributed by atoms with Crippen LogP contribution < -0.4 is 14.2 Å². The van der Waals surface area contributed by atoms with Crippen LogP contribution in [-0.2, 0) is 0 Å². The molecule has 29 heavy (non-hydrogen) atoms. The Bertz CT molecular complexity index is 936. The molecule has 5 nitrogen and oxygen atoms in total. The van der Waals surface area contributed by atoms with Crippen LogP contribution >= 0.6 is 11.6 Å². The van der Waals surface area contributed by atoms with Crippen molar-refractivity contribution in [3.8, 4) is 17.2 Å². The number of piperidine rings is 1. The van der Waals surface area contributed by atoms with Gasteiger partial charge in [-0.3, -0.25) is 0 Å². The Kier molecular flexibility index (Phi) is 4.90. The quantitative estimate of drug-likeness (QED) is 0.821. The first-order chi connectivity index (χ1) is 14.1. The van der Waals surface area contributed by atoms with Crippen LogP contribution in [0.25, 0.3) is 6.08 Å². The molecule has 2 aromatic rings. The first-order valence-electron chi connectivity index (χ1n) is 10.1. The van der Waals surface area contributed by atoms with Gasteiger partial charge in [0.15, 0.2) is 11.5 Å². The Morgan fingerprint density at radius 2 is 1.76 bits per heavy atom. The number of halogens is 1. The number of rotatable bonds is 3. The molecule has 3 aliphatic heterocycles. The number of likely N-dealkylation sites (tertiary alicyclic amines) is 1. The molecule has 1 N–H and O–H groups in total. The van der Waals surface area contributed by atoms with Crippen LogP contribution in [0, 0.1) is 0 Å². The summed E-state index contributed by atoms with van der Waals surface area (Å²) in [6, 6.07) is 11.4. The number of ether oxygens (including phenoxy) is 3. The third-order valence-electron chi connectivity index (χ3n) is 5.94. The Labute approximate surface area is 175 Å². The minimum atomic E-state index is -0.564. The van der Waals surface area contributed by atoms with Gasteiger partial charge in [-0.15, -0.1) is 0 Å². The van der Waals surface area contributed by atoms with Gasteiger partial charge in [0.05, 0.1) is 6.10 Å². The van der Waals surface area contributed by atoms with E-state index in [1.807, 2.05) is 36.4 Å². The summed E-state index contributed by atoms with van der Waals surface area (Å²) < 4.78 is 17.5. The van der Waals surface area contributed by atoms with E-state index < -0.39 is 6.10 Å². The van der Waals surface area contributed by atoms with Gasteiger partial charge in [0.1, 0.15) is 24.6 Å². The zero-order valence-electron chi connectivity index (χ0n) is 16.1. The van der Waals surface area contributed by atoms with Gasteiger partial charge in [0, 0.05) is 43.1 Å². The SMILES string of the molecule is O[C@H](CN1CCC2(C=Cc3cc(Cl)ccc3O2)CC1)c1ccc2c(c1)OCCO2. The van der Waals surface area contributed by atoms with Crippen LogP contribution in [-0.4, -0.2) is 48.5 Å². The molecule has 5 rings (SSSR count). The van der Waals surface area contributed by atoms with Crippen molar-refractivity contribution < 1.29 is 19.3 Å². The van der Waals surface area contributed by atoms with Crippen molar-refractivity contribution in [3.63, 3.8) is 0 Å². The van der Waals surface area contributed by atoms with Gasteiger partial charge in [-0.25, -0.2) is 0 Å². The van der Waals surface area contributed by atoms with E-state index in [-0.39, 0.29) is 5.60 Å². The fourth-order valence-corrected chi connectivity index (χ4v) is 4.42. The van der Waals surface area contributed by atoms with Crippen molar-refractivity contribution in [2.24, 2.45) is 0 Å². The van der Waals surface area contributed by atoms with E-state index in [4.69, 9.17) is 25.8 Å². The van der Waals surface area contributed by atoms with E-state index >= 15 is 0 Å². The largest absolute Gasteiger partial charge is 0.486 e. The molecule has 1 atom stereocenters. The lowest BCUT2D eigenvalue weighted by Gasteiger charge is -2.42. The Balaban J connectivity index is 1.21. The Morgan fingerprint density at radius 1 is 1.00 bits per heavy atom. The van der Waals surface area contributed by atoms with E-state index in [2.05, 4.69) is 17.1 Å². The molecule has 0 amide bonds. The lowest BCUT2D eigenvalue weighted by atomic mass is 9.88. The normalized spacial score (nSPS) is 20.8. The van der Waals surface area contributed by atoms with Crippen molar-refractivity contribution >= 4 is 17.7 Å². The summed E-state index contributed by atoms with van der Waals surface area (Å²) in [5, 5.41) is 11.5. The summed E-state index contributed by atoms with van der Waals surface area (Å²) in [4.78, 5) is 2.29. The molecular formula is C23H24ClNO4. The number of hydrogen-bond donors (Lipinski definition) is 1. The predicted molar refractivity (Wildman–Crippen MR) is 112 cm³/mol. The average Bonchev–Trinajstić information content (AvgIpc) is 2.75. The second-order valence-electron chi connectivity index (χ2n) is 7.90. The lowest BCUT2D eigenvalue weighted by molar-refractivity contribution is 0.0200. The molecule has 1 fully saturated rings. The van der Waals surface area contributed by atoms with Crippen molar-refractivity contribution in [1.82, 2.24) is 4.90 Å². The van der Waals surface area contributed by atoms with Crippen molar-refractivity contribution in [2.75, 3.05) is 32.8 Å². The van der Waals surface area contributed by atoms with Gasteiger partial charge >= 0.3 is 0 Å². The first-order valence-corrected chi connectivity index (χ1v) is 10.5. The van der Waals surface area contributed by atoms with Crippen LogP contribution in [0.1, 0.15) is 30.1 Å². The summed E-state index contributed by atoms with van der Waals surface area (Å²) >= 11 is 6.08. The molecule has 6 heteroatoms. The number of hydrogen-bond acceptors (Lipinski definition) is 5. The molecule has 3 heterocycles. The summed E-state index contributed by atoms with van der Waals surface area (Å²) in [6.45, 7) is 3.44. The Hall–Kier alpha value is -2.21. The zero-order valence-corrected chi connectivity index (χ0v) is 16.9. The minimum Gasteiger partial charge on any atom is -0.486 e. The summed E-state index contributed by atoms with van der Waals surface area (Å²) in [5.74, 6) is 2.35. The minimum absolute atomic E-state index is 0.265. The number of aliphatic hydroxyl groups is 1. The first kappa shape index (κ1) is 18.8. The maximum Gasteiger partial charge on any atom is 0.161 e. The van der Waals surface area contributed by atoms with Gasteiger partial charge in [-0.05, 0) is 42.0 Å². The zero-order chi connectivity index (χ0) is 19.8. The molecule has 3 aliphatic rings. The number of β-amino-alcohol motifs (C(OH)–C–C–N with tert-alkyl or cyclic N) is 1. The smallest absolute Gasteiger partial charge is 0.161 e. The number of fused-ring (bicyclic) bond motifs is 2. The molecule has 1 spiro atoms. The van der Waals surface area contributed by atoms with E-state index in [1.54, 1.807) is 0 Å². The third kappa shape index (κ3) is 3.82. The van der Waals surface area contributed by atoms with Crippen LogP contribution in [0.3, 0.4) is 0 Å². The van der Waals surface area contributed by atoms with Gasteiger partial charge in [-0.2, -0.15) is 0 Å². The summed E-state index contributed by atoms with van der Waals surface area (Å²) in [6.07, 6.45) is 5.49. The van der Waals surface area contributed by atoms with Crippen LogP contribution in [0.5, 0.6) is 17.2 Å². The van der Waals surface area contributed by atoms with Crippen molar-refractivity contribution in [3.05, 3.63) is 58.6 Å². The van der Waals surface area contributed by atoms with Gasteiger partial charge < -0.3 is 24.2 Å². The number of aliphatic hydroxyl groups excluding tert-OH is 1. The highest BCUT2D eigenvalue weighted by Gasteiger charge is 2.37. The molecule has 1 saturated heterocycles. The molecule has 152 valence electrons. The van der Waals surface area contributed by atoms with Crippen LogP contribution in [0.2, 0.25) is 5.02 Å². The maximum absolute atomic E-state index is 10.7. The molecule has 0 aliphatic carbocycles. The van der Waals surface area contributed by atoms with Crippen molar-refractivity contribution in [2.45, 2.75) is 24.5 Å². The monoisotopic (exact) mass is 413 g/mol. The summed E-state index contributed by atoms with van der Waals surface area (Å²) in [7, 11) is 0. The maximum atomic E-state index is 10.7. The van der Waals surface area contributed by atoms with E-state index in [0.29, 0.717) is 25.5 Å². The molecule has 0 radical (unpaired) electrons. The second kappa shape index (κ2) is 7.56. The van der Waals surface area contributed by atoms with E-state index in [9.17, 15) is 5.11 Å². The van der Waals surface area contributed by atoms with E-state index in [0.717, 1.165) is 53.6 Å². The van der Waals surface area contributed by atoms with Crippen molar-refractivity contribution in [1.29, 1.82) is 0 Å². The highest BCUT2D eigenvalue weighted by Crippen LogP contribution is 2.38.